The van der Waals surface area contributed by atoms with Crippen molar-refractivity contribution in [2.45, 2.75) is 20.3 Å². The highest BCUT2D eigenvalue weighted by atomic mass is 19.1. The van der Waals surface area contributed by atoms with Crippen LogP contribution in [-0.2, 0) is 0 Å². The Balaban J connectivity index is 2.87. The fraction of sp³-hybridized carbons (Fsp3) is 0.417. The lowest BCUT2D eigenvalue weighted by Crippen LogP contribution is -2.16. The van der Waals surface area contributed by atoms with Crippen molar-refractivity contribution in [1.82, 2.24) is 0 Å². The fourth-order valence-corrected chi connectivity index (χ4v) is 1.28. The van der Waals surface area contributed by atoms with E-state index in [1.165, 1.54) is 0 Å². The SMILES string of the molecule is CC(C)CCOc1ccc(F)c(C(N)=O)c1F. The Hall–Kier alpha value is -1.65. The lowest BCUT2D eigenvalue weighted by Gasteiger charge is -2.10. The van der Waals surface area contributed by atoms with Crippen LogP contribution in [0.15, 0.2) is 12.1 Å². The lowest BCUT2D eigenvalue weighted by molar-refractivity contribution is 0.0991. The van der Waals surface area contributed by atoms with E-state index in [0.717, 1.165) is 18.6 Å². The smallest absolute Gasteiger partial charge is 0.254 e. The van der Waals surface area contributed by atoms with E-state index in [2.05, 4.69) is 0 Å². The minimum atomic E-state index is -1.14. The summed E-state index contributed by atoms with van der Waals surface area (Å²) in [6.45, 7) is 4.30. The first-order chi connectivity index (χ1) is 7.93. The van der Waals surface area contributed by atoms with Gasteiger partial charge in [-0.3, -0.25) is 4.79 Å². The van der Waals surface area contributed by atoms with Crippen molar-refractivity contribution in [2.24, 2.45) is 11.7 Å². The third-order valence-corrected chi connectivity index (χ3v) is 2.25. The number of hydrogen-bond donors (Lipinski definition) is 1. The Labute approximate surface area is 98.6 Å². The first kappa shape index (κ1) is 13.4. The molecule has 1 amide bonds. The van der Waals surface area contributed by atoms with Gasteiger partial charge in [-0.2, -0.15) is 0 Å². The summed E-state index contributed by atoms with van der Waals surface area (Å²) in [6.07, 6.45) is 0.739. The minimum Gasteiger partial charge on any atom is -0.490 e. The van der Waals surface area contributed by atoms with Crippen LogP contribution in [0.3, 0.4) is 0 Å². The average Bonchev–Trinajstić information content (AvgIpc) is 2.20. The van der Waals surface area contributed by atoms with Gasteiger partial charge in [-0.05, 0) is 24.5 Å². The first-order valence-electron chi connectivity index (χ1n) is 5.34. The second kappa shape index (κ2) is 5.61. The molecule has 0 saturated heterocycles. The zero-order valence-electron chi connectivity index (χ0n) is 9.80. The molecule has 0 fully saturated rings. The largest absolute Gasteiger partial charge is 0.490 e. The van der Waals surface area contributed by atoms with Gasteiger partial charge in [0.25, 0.3) is 5.91 Å². The zero-order valence-corrected chi connectivity index (χ0v) is 9.80. The second-order valence-corrected chi connectivity index (χ2v) is 4.13. The molecule has 0 atom stereocenters. The molecule has 0 saturated carbocycles. The van der Waals surface area contributed by atoms with Crippen LogP contribution in [0, 0.1) is 17.6 Å². The molecule has 0 unspecified atom stereocenters. The van der Waals surface area contributed by atoms with Gasteiger partial charge in [0, 0.05) is 0 Å². The van der Waals surface area contributed by atoms with E-state index in [1.54, 1.807) is 0 Å². The van der Waals surface area contributed by atoms with Crippen molar-refractivity contribution >= 4 is 5.91 Å². The summed E-state index contributed by atoms with van der Waals surface area (Å²) in [4.78, 5) is 10.9. The van der Waals surface area contributed by atoms with E-state index in [0.29, 0.717) is 12.5 Å². The van der Waals surface area contributed by atoms with E-state index >= 15 is 0 Å². The molecule has 1 aromatic rings. The van der Waals surface area contributed by atoms with Crippen LogP contribution in [0.25, 0.3) is 0 Å². The Morgan fingerprint density at radius 2 is 2.06 bits per heavy atom. The van der Waals surface area contributed by atoms with Crippen molar-refractivity contribution in [2.75, 3.05) is 6.61 Å². The van der Waals surface area contributed by atoms with Gasteiger partial charge in [-0.1, -0.05) is 13.8 Å². The number of rotatable bonds is 5. The monoisotopic (exact) mass is 243 g/mol. The molecule has 0 aliphatic rings. The maximum atomic E-state index is 13.6. The number of hydrogen-bond acceptors (Lipinski definition) is 2. The number of carbonyl (C=O) groups excluding carboxylic acids is 1. The highest BCUT2D eigenvalue weighted by molar-refractivity contribution is 5.93. The van der Waals surface area contributed by atoms with Gasteiger partial charge in [-0.25, -0.2) is 8.78 Å². The number of nitrogens with two attached hydrogens (primary N) is 1. The highest BCUT2D eigenvalue weighted by Crippen LogP contribution is 2.23. The number of benzene rings is 1. The minimum absolute atomic E-state index is 0.152. The van der Waals surface area contributed by atoms with Crippen LogP contribution in [0.1, 0.15) is 30.6 Å². The molecule has 1 aromatic carbocycles. The van der Waals surface area contributed by atoms with Crippen molar-refractivity contribution < 1.29 is 18.3 Å². The molecular formula is C12H15F2NO2. The van der Waals surface area contributed by atoms with Crippen LogP contribution in [0.5, 0.6) is 5.75 Å². The maximum absolute atomic E-state index is 13.6. The standard InChI is InChI=1S/C12H15F2NO2/c1-7(2)5-6-17-9-4-3-8(13)10(11(9)14)12(15)16/h3-4,7H,5-6H2,1-2H3,(H2,15,16). The topological polar surface area (TPSA) is 52.3 Å². The number of primary amides is 1. The molecule has 5 heteroatoms. The third-order valence-electron chi connectivity index (χ3n) is 2.25. The predicted molar refractivity (Wildman–Crippen MR) is 59.8 cm³/mol. The van der Waals surface area contributed by atoms with Crippen LogP contribution in [-0.4, -0.2) is 12.5 Å². The number of ether oxygens (including phenoxy) is 1. The Bertz CT molecular complexity index is 419. The van der Waals surface area contributed by atoms with E-state index < -0.39 is 23.1 Å². The molecular weight excluding hydrogens is 228 g/mol. The molecule has 2 N–H and O–H groups in total. The summed E-state index contributed by atoms with van der Waals surface area (Å²) in [5, 5.41) is 0. The fourth-order valence-electron chi connectivity index (χ4n) is 1.28. The van der Waals surface area contributed by atoms with Crippen molar-refractivity contribution in [1.29, 1.82) is 0 Å². The van der Waals surface area contributed by atoms with Gasteiger partial charge < -0.3 is 10.5 Å². The molecule has 0 bridgehead atoms. The van der Waals surface area contributed by atoms with Crippen LogP contribution in [0.2, 0.25) is 0 Å². The van der Waals surface area contributed by atoms with Crippen LogP contribution < -0.4 is 10.5 Å². The molecule has 0 spiro atoms. The predicted octanol–water partition coefficient (Wildman–Crippen LogP) is 2.49. The molecule has 0 aliphatic carbocycles. The van der Waals surface area contributed by atoms with Gasteiger partial charge in [-0.15, -0.1) is 0 Å². The van der Waals surface area contributed by atoms with Crippen molar-refractivity contribution in [3.05, 3.63) is 29.3 Å². The summed E-state index contributed by atoms with van der Waals surface area (Å²) in [7, 11) is 0. The Morgan fingerprint density at radius 1 is 1.41 bits per heavy atom. The third kappa shape index (κ3) is 3.41. The molecule has 0 radical (unpaired) electrons. The van der Waals surface area contributed by atoms with Gasteiger partial charge in [0.15, 0.2) is 11.6 Å². The highest BCUT2D eigenvalue weighted by Gasteiger charge is 2.19. The van der Waals surface area contributed by atoms with Gasteiger partial charge in [0.1, 0.15) is 11.4 Å². The molecule has 3 nitrogen and oxygen atoms in total. The number of amides is 1. The van der Waals surface area contributed by atoms with E-state index in [9.17, 15) is 13.6 Å². The summed E-state index contributed by atoms with van der Waals surface area (Å²) in [5.41, 5.74) is 4.13. The molecule has 0 aliphatic heterocycles. The van der Waals surface area contributed by atoms with Gasteiger partial charge in [0.2, 0.25) is 0 Å². The molecule has 1 rings (SSSR count). The maximum Gasteiger partial charge on any atom is 0.254 e. The Morgan fingerprint density at radius 3 is 2.59 bits per heavy atom. The van der Waals surface area contributed by atoms with E-state index in [4.69, 9.17) is 10.5 Å². The van der Waals surface area contributed by atoms with Gasteiger partial charge >= 0.3 is 0 Å². The molecule has 0 heterocycles. The molecule has 94 valence electrons. The second-order valence-electron chi connectivity index (χ2n) is 4.13. The van der Waals surface area contributed by atoms with Crippen molar-refractivity contribution in [3.63, 3.8) is 0 Å². The normalized spacial score (nSPS) is 10.6. The zero-order chi connectivity index (χ0) is 13.0. The number of carbonyl (C=O) groups is 1. The Kier molecular flexibility index (Phi) is 4.43. The number of halogens is 2. The molecule has 17 heavy (non-hydrogen) atoms. The summed E-state index contributed by atoms with van der Waals surface area (Å²) in [5.74, 6) is -2.91. The summed E-state index contributed by atoms with van der Waals surface area (Å²) < 4.78 is 31.9. The lowest BCUT2D eigenvalue weighted by atomic mass is 10.1. The van der Waals surface area contributed by atoms with Crippen molar-refractivity contribution in [3.8, 4) is 5.75 Å². The van der Waals surface area contributed by atoms with Crippen LogP contribution in [0.4, 0.5) is 8.78 Å². The summed E-state index contributed by atoms with van der Waals surface area (Å²) >= 11 is 0. The van der Waals surface area contributed by atoms with Gasteiger partial charge in [0.05, 0.1) is 6.61 Å². The first-order valence-corrected chi connectivity index (χ1v) is 5.34. The van der Waals surface area contributed by atoms with E-state index in [-0.39, 0.29) is 5.75 Å². The van der Waals surface area contributed by atoms with Crippen LogP contribution >= 0.6 is 0 Å². The van der Waals surface area contributed by atoms with E-state index in [1.807, 2.05) is 13.8 Å². The average molecular weight is 243 g/mol. The summed E-state index contributed by atoms with van der Waals surface area (Å²) in [6, 6.07) is 2.12. The molecule has 0 aromatic heterocycles. The quantitative estimate of drug-likeness (QED) is 0.863.